The number of benzene rings is 2. The van der Waals surface area contributed by atoms with Gasteiger partial charge in [-0.1, -0.05) is 30.3 Å². The van der Waals surface area contributed by atoms with Crippen molar-refractivity contribution in [1.29, 1.82) is 0 Å². The number of sulfone groups is 1. The third-order valence-corrected chi connectivity index (χ3v) is 6.32. The van der Waals surface area contributed by atoms with E-state index in [0.717, 1.165) is 30.6 Å². The van der Waals surface area contributed by atoms with E-state index in [2.05, 4.69) is 16.7 Å². The van der Waals surface area contributed by atoms with Gasteiger partial charge in [-0.25, -0.2) is 13.2 Å². The Morgan fingerprint density at radius 3 is 2.23 bits per heavy atom. The van der Waals surface area contributed by atoms with Gasteiger partial charge in [-0.05, 0) is 56.2 Å². The van der Waals surface area contributed by atoms with E-state index >= 15 is 0 Å². The predicted molar refractivity (Wildman–Crippen MR) is 118 cm³/mol. The molecule has 0 aliphatic carbocycles. The van der Waals surface area contributed by atoms with E-state index in [1.54, 1.807) is 0 Å². The first kappa shape index (κ1) is 22.5. The smallest absolute Gasteiger partial charge is 0.338 e. The Morgan fingerprint density at radius 1 is 0.968 bits per heavy atom. The van der Waals surface area contributed by atoms with Crippen LogP contribution in [0.4, 0.5) is 0 Å². The predicted octanol–water partition coefficient (Wildman–Crippen LogP) is 3.79. The summed E-state index contributed by atoms with van der Waals surface area (Å²) in [5.74, 6) is -0.952. The van der Waals surface area contributed by atoms with E-state index in [0.29, 0.717) is 5.56 Å². The third kappa shape index (κ3) is 5.49. The molecular formula is C24H25NO5S. The molecule has 0 unspecified atom stereocenters. The van der Waals surface area contributed by atoms with Gasteiger partial charge in [0.2, 0.25) is 5.78 Å². The molecule has 0 fully saturated rings. The van der Waals surface area contributed by atoms with Crippen molar-refractivity contribution in [3.05, 3.63) is 88.7 Å². The maximum atomic E-state index is 12.7. The molecule has 0 aliphatic heterocycles. The van der Waals surface area contributed by atoms with Gasteiger partial charge in [-0.2, -0.15) is 0 Å². The van der Waals surface area contributed by atoms with Crippen LogP contribution >= 0.6 is 0 Å². The Bertz CT molecular complexity index is 1190. The van der Waals surface area contributed by atoms with Crippen molar-refractivity contribution in [2.45, 2.75) is 31.7 Å². The fraction of sp³-hybridized carbons (Fsp3) is 0.250. The van der Waals surface area contributed by atoms with Crippen molar-refractivity contribution in [3.63, 3.8) is 0 Å². The van der Waals surface area contributed by atoms with Crippen molar-refractivity contribution in [2.75, 3.05) is 12.9 Å². The van der Waals surface area contributed by atoms with Crippen LogP contribution in [-0.2, 0) is 27.5 Å². The highest BCUT2D eigenvalue weighted by molar-refractivity contribution is 7.90. The number of nitrogens with zero attached hydrogens (tertiary/aromatic N) is 1. The molecule has 2 aromatic carbocycles. The van der Waals surface area contributed by atoms with E-state index in [-0.39, 0.29) is 22.8 Å². The minimum atomic E-state index is -3.34. The van der Waals surface area contributed by atoms with Crippen LogP contribution in [-0.4, -0.2) is 37.6 Å². The van der Waals surface area contributed by atoms with Gasteiger partial charge < -0.3 is 9.30 Å². The molecule has 3 rings (SSSR count). The Hall–Kier alpha value is -3.19. The fourth-order valence-corrected chi connectivity index (χ4v) is 4.07. The number of aryl methyl sites for hydroxylation is 2. The van der Waals surface area contributed by atoms with Crippen molar-refractivity contribution < 1.29 is 22.7 Å². The zero-order valence-corrected chi connectivity index (χ0v) is 18.6. The van der Waals surface area contributed by atoms with Crippen LogP contribution in [0.1, 0.15) is 37.7 Å². The van der Waals surface area contributed by atoms with Crippen molar-refractivity contribution >= 4 is 21.6 Å². The second-order valence-corrected chi connectivity index (χ2v) is 9.48. The SMILES string of the molecule is Cc1cc(C(=O)COC(=O)c2ccc(S(C)(=O)=O)cc2)c(C)n1CCc1ccccc1. The molecule has 162 valence electrons. The topological polar surface area (TPSA) is 82.4 Å². The van der Waals surface area contributed by atoms with Crippen molar-refractivity contribution in [2.24, 2.45) is 0 Å². The fourth-order valence-electron chi connectivity index (χ4n) is 3.44. The second kappa shape index (κ2) is 9.31. The normalized spacial score (nSPS) is 11.3. The molecule has 1 aromatic heterocycles. The molecule has 0 bridgehead atoms. The molecule has 0 aliphatic rings. The van der Waals surface area contributed by atoms with Gasteiger partial charge in [0.25, 0.3) is 0 Å². The van der Waals surface area contributed by atoms with Crippen LogP contribution < -0.4 is 0 Å². The molecule has 0 radical (unpaired) electrons. The minimum absolute atomic E-state index is 0.114. The zero-order valence-electron chi connectivity index (χ0n) is 17.8. The average molecular weight is 440 g/mol. The molecule has 0 amide bonds. The number of carbonyl (C=O) groups is 2. The summed E-state index contributed by atoms with van der Waals surface area (Å²) in [6.45, 7) is 4.21. The van der Waals surface area contributed by atoms with Crippen molar-refractivity contribution in [1.82, 2.24) is 4.57 Å². The summed E-state index contributed by atoms with van der Waals surface area (Å²) in [4.78, 5) is 25.0. The van der Waals surface area contributed by atoms with Crippen LogP contribution in [0.5, 0.6) is 0 Å². The maximum Gasteiger partial charge on any atom is 0.338 e. The minimum Gasteiger partial charge on any atom is -0.454 e. The van der Waals surface area contributed by atoms with Crippen LogP contribution in [0.2, 0.25) is 0 Å². The number of esters is 1. The van der Waals surface area contributed by atoms with Crippen molar-refractivity contribution in [3.8, 4) is 0 Å². The zero-order chi connectivity index (χ0) is 22.6. The summed E-state index contributed by atoms with van der Waals surface area (Å²) in [7, 11) is -3.34. The lowest BCUT2D eigenvalue weighted by Crippen LogP contribution is -2.15. The number of ketones is 1. The second-order valence-electron chi connectivity index (χ2n) is 7.47. The molecular weight excluding hydrogens is 414 g/mol. The average Bonchev–Trinajstić information content (AvgIpc) is 3.04. The number of ether oxygens (including phenoxy) is 1. The first-order valence-electron chi connectivity index (χ1n) is 9.88. The number of hydrogen-bond donors (Lipinski definition) is 0. The first-order chi connectivity index (χ1) is 14.7. The number of rotatable bonds is 8. The summed E-state index contributed by atoms with van der Waals surface area (Å²) >= 11 is 0. The van der Waals surface area contributed by atoms with Crippen LogP contribution in [0.25, 0.3) is 0 Å². The highest BCUT2D eigenvalue weighted by Gasteiger charge is 2.18. The molecule has 0 N–H and O–H groups in total. The molecule has 1 heterocycles. The van der Waals surface area contributed by atoms with E-state index in [1.807, 2.05) is 38.1 Å². The lowest BCUT2D eigenvalue weighted by Gasteiger charge is -2.10. The van der Waals surface area contributed by atoms with Crippen LogP contribution in [0.15, 0.2) is 65.6 Å². The molecule has 0 atom stereocenters. The molecule has 7 heteroatoms. The summed E-state index contributed by atoms with van der Waals surface area (Å²) in [5, 5.41) is 0. The number of carbonyl (C=O) groups excluding carboxylic acids is 2. The highest BCUT2D eigenvalue weighted by atomic mass is 32.2. The monoisotopic (exact) mass is 439 g/mol. The van der Waals surface area contributed by atoms with Gasteiger partial charge in [0.05, 0.1) is 10.5 Å². The Balaban J connectivity index is 1.63. The molecule has 0 spiro atoms. The summed E-state index contributed by atoms with van der Waals surface area (Å²) in [5.41, 5.74) is 3.75. The largest absolute Gasteiger partial charge is 0.454 e. The van der Waals surface area contributed by atoms with Gasteiger partial charge in [0, 0.05) is 29.8 Å². The van der Waals surface area contributed by atoms with Gasteiger partial charge in [-0.3, -0.25) is 4.79 Å². The van der Waals surface area contributed by atoms with Gasteiger partial charge in [0.15, 0.2) is 16.4 Å². The van der Waals surface area contributed by atoms with E-state index in [1.165, 1.54) is 29.8 Å². The number of Topliss-reactive ketones (excluding diaryl/α,β-unsaturated/α-hetero) is 1. The molecule has 0 saturated heterocycles. The van der Waals surface area contributed by atoms with Gasteiger partial charge in [-0.15, -0.1) is 0 Å². The Morgan fingerprint density at radius 2 is 1.61 bits per heavy atom. The lowest BCUT2D eigenvalue weighted by atomic mass is 10.1. The van der Waals surface area contributed by atoms with E-state index in [9.17, 15) is 18.0 Å². The molecule has 3 aromatic rings. The van der Waals surface area contributed by atoms with E-state index in [4.69, 9.17) is 4.74 Å². The highest BCUT2D eigenvalue weighted by Crippen LogP contribution is 2.18. The quantitative estimate of drug-likeness (QED) is 0.394. The summed E-state index contributed by atoms with van der Waals surface area (Å²) < 4.78 is 30.3. The summed E-state index contributed by atoms with van der Waals surface area (Å²) in [6.07, 6.45) is 1.94. The molecule has 0 saturated carbocycles. The standard InChI is InChI=1S/C24H25NO5S/c1-17-15-22(18(2)25(17)14-13-19-7-5-4-6-8-19)23(26)16-30-24(27)20-9-11-21(12-10-20)31(3,28)29/h4-12,15H,13-14,16H2,1-3H3. The maximum absolute atomic E-state index is 12.7. The van der Waals surface area contributed by atoms with Crippen LogP contribution in [0, 0.1) is 13.8 Å². The molecule has 6 nitrogen and oxygen atoms in total. The number of hydrogen-bond acceptors (Lipinski definition) is 5. The Labute approximate surface area is 182 Å². The summed E-state index contributed by atoms with van der Waals surface area (Å²) in [6, 6.07) is 17.4. The van der Waals surface area contributed by atoms with E-state index < -0.39 is 15.8 Å². The lowest BCUT2D eigenvalue weighted by molar-refractivity contribution is 0.0474. The van der Waals surface area contributed by atoms with Crippen LogP contribution in [0.3, 0.4) is 0 Å². The third-order valence-electron chi connectivity index (χ3n) is 5.19. The number of aromatic nitrogens is 1. The first-order valence-corrected chi connectivity index (χ1v) is 11.8. The van der Waals surface area contributed by atoms with Gasteiger partial charge in [0.1, 0.15) is 0 Å². The molecule has 31 heavy (non-hydrogen) atoms. The Kier molecular flexibility index (Phi) is 6.75. The van der Waals surface area contributed by atoms with Gasteiger partial charge >= 0.3 is 5.97 Å².